The van der Waals surface area contributed by atoms with Crippen LogP contribution in [-0.4, -0.2) is 33.8 Å². The van der Waals surface area contributed by atoms with E-state index < -0.39 is 0 Å². The molecule has 29 heavy (non-hydrogen) atoms. The van der Waals surface area contributed by atoms with Gasteiger partial charge in [0.25, 0.3) is 0 Å². The number of amides is 1. The van der Waals surface area contributed by atoms with E-state index in [-0.39, 0.29) is 5.91 Å². The van der Waals surface area contributed by atoms with E-state index in [0.717, 1.165) is 21.5 Å². The fourth-order valence-electron chi connectivity index (χ4n) is 3.13. The quantitative estimate of drug-likeness (QED) is 0.441. The second-order valence-corrected chi connectivity index (χ2v) is 7.52. The standard InChI is InChI=1S/C22H22N4O2S/c1-2-28-18-10-6-11-19-21(18)24-22(29-19)26(15-14-25-13-7-12-23-25)20(27)16-17-8-4-3-5-9-17/h3-13H,2,14-16H2,1H3. The normalized spacial score (nSPS) is 10.9. The number of rotatable bonds is 8. The third-order valence-electron chi connectivity index (χ3n) is 4.51. The van der Waals surface area contributed by atoms with Crippen LogP contribution in [0, 0.1) is 0 Å². The number of carbonyl (C=O) groups excluding carboxylic acids is 1. The van der Waals surface area contributed by atoms with Crippen molar-refractivity contribution in [2.45, 2.75) is 19.9 Å². The van der Waals surface area contributed by atoms with Gasteiger partial charge in [-0.05, 0) is 30.7 Å². The molecule has 0 aliphatic carbocycles. The van der Waals surface area contributed by atoms with Crippen LogP contribution in [0.15, 0.2) is 67.0 Å². The summed E-state index contributed by atoms with van der Waals surface area (Å²) in [5.41, 5.74) is 1.78. The fourth-order valence-corrected chi connectivity index (χ4v) is 4.15. The Hall–Kier alpha value is -3.19. The Kier molecular flexibility index (Phi) is 5.86. The first-order valence-electron chi connectivity index (χ1n) is 9.58. The number of para-hydroxylation sites is 1. The number of fused-ring (bicyclic) bond motifs is 1. The highest BCUT2D eigenvalue weighted by Crippen LogP contribution is 2.34. The molecule has 6 nitrogen and oxygen atoms in total. The molecule has 0 bridgehead atoms. The van der Waals surface area contributed by atoms with Crippen molar-refractivity contribution in [3.8, 4) is 5.75 Å². The van der Waals surface area contributed by atoms with Crippen LogP contribution in [0.4, 0.5) is 5.13 Å². The number of thiazole rings is 1. The van der Waals surface area contributed by atoms with E-state index in [1.165, 1.54) is 11.3 Å². The van der Waals surface area contributed by atoms with Gasteiger partial charge in [0.15, 0.2) is 5.13 Å². The van der Waals surface area contributed by atoms with Crippen molar-refractivity contribution in [1.29, 1.82) is 0 Å². The van der Waals surface area contributed by atoms with E-state index in [9.17, 15) is 4.79 Å². The van der Waals surface area contributed by atoms with Crippen molar-refractivity contribution >= 4 is 32.6 Å². The molecular weight excluding hydrogens is 384 g/mol. The molecule has 4 aromatic rings. The van der Waals surface area contributed by atoms with Crippen LogP contribution >= 0.6 is 11.3 Å². The smallest absolute Gasteiger partial charge is 0.233 e. The Morgan fingerprint density at radius 3 is 2.76 bits per heavy atom. The zero-order chi connectivity index (χ0) is 20.1. The molecule has 0 saturated carbocycles. The molecule has 2 aromatic heterocycles. The van der Waals surface area contributed by atoms with E-state index in [2.05, 4.69) is 5.10 Å². The maximum atomic E-state index is 13.2. The molecule has 2 heterocycles. The number of hydrogen-bond donors (Lipinski definition) is 0. The Morgan fingerprint density at radius 2 is 2.00 bits per heavy atom. The third-order valence-corrected chi connectivity index (χ3v) is 5.56. The molecule has 0 N–H and O–H groups in total. The van der Waals surface area contributed by atoms with Gasteiger partial charge in [0.2, 0.25) is 5.91 Å². The van der Waals surface area contributed by atoms with Crippen LogP contribution in [0.1, 0.15) is 12.5 Å². The van der Waals surface area contributed by atoms with Crippen LogP contribution in [0.2, 0.25) is 0 Å². The number of benzene rings is 2. The van der Waals surface area contributed by atoms with Crippen LogP contribution in [-0.2, 0) is 17.8 Å². The van der Waals surface area contributed by atoms with E-state index in [1.54, 1.807) is 11.1 Å². The van der Waals surface area contributed by atoms with Crippen molar-refractivity contribution in [1.82, 2.24) is 14.8 Å². The van der Waals surface area contributed by atoms with Gasteiger partial charge in [-0.2, -0.15) is 5.10 Å². The van der Waals surface area contributed by atoms with E-state index in [4.69, 9.17) is 9.72 Å². The summed E-state index contributed by atoms with van der Waals surface area (Å²) in [4.78, 5) is 19.7. The Balaban J connectivity index is 1.64. The van der Waals surface area contributed by atoms with Gasteiger partial charge in [-0.3, -0.25) is 14.4 Å². The topological polar surface area (TPSA) is 60.2 Å². The molecule has 0 radical (unpaired) electrons. The van der Waals surface area contributed by atoms with Crippen LogP contribution in [0.25, 0.3) is 10.2 Å². The first-order chi connectivity index (χ1) is 14.2. The maximum Gasteiger partial charge on any atom is 0.233 e. The molecule has 0 atom stereocenters. The molecule has 1 amide bonds. The highest BCUT2D eigenvalue weighted by molar-refractivity contribution is 7.22. The average Bonchev–Trinajstić information content (AvgIpc) is 3.39. The molecule has 0 unspecified atom stereocenters. The number of ether oxygens (including phenoxy) is 1. The van der Waals surface area contributed by atoms with Gasteiger partial charge in [0.05, 0.1) is 24.3 Å². The van der Waals surface area contributed by atoms with Gasteiger partial charge in [0, 0.05) is 18.9 Å². The van der Waals surface area contributed by atoms with Crippen molar-refractivity contribution in [3.63, 3.8) is 0 Å². The first-order valence-corrected chi connectivity index (χ1v) is 10.4. The lowest BCUT2D eigenvalue weighted by atomic mass is 10.1. The summed E-state index contributed by atoms with van der Waals surface area (Å²) < 4.78 is 8.54. The van der Waals surface area contributed by atoms with Gasteiger partial charge in [-0.25, -0.2) is 4.98 Å². The molecule has 0 spiro atoms. The van der Waals surface area contributed by atoms with Crippen molar-refractivity contribution in [2.24, 2.45) is 0 Å². The Labute approximate surface area is 173 Å². The minimum Gasteiger partial charge on any atom is -0.492 e. The lowest BCUT2D eigenvalue weighted by Gasteiger charge is -2.20. The zero-order valence-electron chi connectivity index (χ0n) is 16.2. The summed E-state index contributed by atoms with van der Waals surface area (Å²) in [5, 5.41) is 4.93. The lowest BCUT2D eigenvalue weighted by Crippen LogP contribution is -2.35. The Bertz CT molecular complexity index is 1080. The highest BCUT2D eigenvalue weighted by atomic mass is 32.1. The molecule has 0 aliphatic rings. The summed E-state index contributed by atoms with van der Waals surface area (Å²) in [7, 11) is 0. The van der Waals surface area contributed by atoms with Crippen molar-refractivity contribution < 1.29 is 9.53 Å². The largest absolute Gasteiger partial charge is 0.492 e. The number of hydrogen-bond acceptors (Lipinski definition) is 5. The van der Waals surface area contributed by atoms with E-state index in [0.29, 0.717) is 31.2 Å². The minimum atomic E-state index is 0.0142. The van der Waals surface area contributed by atoms with Crippen LogP contribution in [0.3, 0.4) is 0 Å². The number of carbonyl (C=O) groups is 1. The fraction of sp³-hybridized carbons (Fsp3) is 0.227. The summed E-state index contributed by atoms with van der Waals surface area (Å²) in [6, 6.07) is 17.5. The summed E-state index contributed by atoms with van der Waals surface area (Å²) in [5.74, 6) is 0.760. The number of anilines is 1. The van der Waals surface area contributed by atoms with Crippen LogP contribution in [0.5, 0.6) is 5.75 Å². The van der Waals surface area contributed by atoms with Gasteiger partial charge in [-0.15, -0.1) is 0 Å². The molecule has 0 fully saturated rings. The monoisotopic (exact) mass is 406 g/mol. The molecule has 7 heteroatoms. The predicted molar refractivity (Wildman–Crippen MR) is 116 cm³/mol. The summed E-state index contributed by atoms with van der Waals surface area (Å²) >= 11 is 1.51. The summed E-state index contributed by atoms with van der Waals surface area (Å²) in [6.07, 6.45) is 3.96. The average molecular weight is 407 g/mol. The summed E-state index contributed by atoms with van der Waals surface area (Å²) in [6.45, 7) is 3.62. The van der Waals surface area contributed by atoms with Crippen LogP contribution < -0.4 is 9.64 Å². The van der Waals surface area contributed by atoms with Crippen molar-refractivity contribution in [3.05, 3.63) is 72.6 Å². The minimum absolute atomic E-state index is 0.0142. The Morgan fingerprint density at radius 1 is 1.14 bits per heavy atom. The SMILES string of the molecule is CCOc1cccc2sc(N(CCn3cccn3)C(=O)Cc3ccccc3)nc12. The van der Waals surface area contributed by atoms with Gasteiger partial charge in [0.1, 0.15) is 11.3 Å². The predicted octanol–water partition coefficient (Wildman–Crippen LogP) is 4.17. The third kappa shape index (κ3) is 4.46. The molecular formula is C22H22N4O2S. The van der Waals surface area contributed by atoms with E-state index in [1.807, 2.05) is 72.4 Å². The highest BCUT2D eigenvalue weighted by Gasteiger charge is 2.21. The second kappa shape index (κ2) is 8.87. The van der Waals surface area contributed by atoms with Gasteiger partial charge in [-0.1, -0.05) is 47.7 Å². The molecule has 0 aliphatic heterocycles. The molecule has 0 saturated heterocycles. The van der Waals surface area contributed by atoms with Crippen molar-refractivity contribution in [2.75, 3.05) is 18.1 Å². The van der Waals surface area contributed by atoms with Gasteiger partial charge < -0.3 is 4.74 Å². The molecule has 4 rings (SSSR count). The zero-order valence-corrected chi connectivity index (χ0v) is 17.0. The molecule has 2 aromatic carbocycles. The lowest BCUT2D eigenvalue weighted by molar-refractivity contribution is -0.118. The van der Waals surface area contributed by atoms with Gasteiger partial charge >= 0.3 is 0 Å². The second-order valence-electron chi connectivity index (χ2n) is 6.51. The number of aromatic nitrogens is 3. The maximum absolute atomic E-state index is 13.2. The molecule has 148 valence electrons. The number of nitrogens with zero attached hydrogens (tertiary/aromatic N) is 4. The van der Waals surface area contributed by atoms with E-state index >= 15 is 0 Å². The first kappa shape index (κ1) is 19.1.